The van der Waals surface area contributed by atoms with E-state index < -0.39 is 27.6 Å². The fraction of sp³-hybridized carbons (Fsp3) is 0.250. The van der Waals surface area contributed by atoms with E-state index in [-0.39, 0.29) is 13.0 Å². The molecule has 1 aliphatic rings. The molecular formula is C16H14F3NO3S2. The summed E-state index contributed by atoms with van der Waals surface area (Å²) in [5, 5.41) is 0. The molecule has 9 heteroatoms. The number of hydrogen-bond donors (Lipinski definition) is 1. The summed E-state index contributed by atoms with van der Waals surface area (Å²) in [6.45, 7) is 0.172. The van der Waals surface area contributed by atoms with E-state index in [4.69, 9.17) is 4.55 Å². The summed E-state index contributed by atoms with van der Waals surface area (Å²) in [6, 6.07) is 10.8. The first kappa shape index (κ1) is 18.1. The predicted octanol–water partition coefficient (Wildman–Crippen LogP) is 4.59. The number of nitrogens with zero attached hydrogens (tertiary/aromatic N) is 1. The number of halogens is 3. The Kier molecular flexibility index (Phi) is 4.74. The van der Waals surface area contributed by atoms with Gasteiger partial charge in [-0.3, -0.25) is 4.55 Å². The van der Waals surface area contributed by atoms with E-state index in [0.717, 1.165) is 22.7 Å². The van der Waals surface area contributed by atoms with Gasteiger partial charge < -0.3 is 4.90 Å². The Morgan fingerprint density at radius 1 is 1.04 bits per heavy atom. The number of anilines is 2. The van der Waals surface area contributed by atoms with Crippen molar-refractivity contribution in [2.45, 2.75) is 22.4 Å². The number of rotatable bonds is 4. The highest BCUT2D eigenvalue weighted by Gasteiger charge is 2.33. The zero-order valence-electron chi connectivity index (χ0n) is 12.8. The third-order valence-electron chi connectivity index (χ3n) is 3.74. The van der Waals surface area contributed by atoms with Crippen LogP contribution < -0.4 is 4.90 Å². The van der Waals surface area contributed by atoms with E-state index in [1.54, 1.807) is 17.0 Å². The highest BCUT2D eigenvalue weighted by molar-refractivity contribution is 7.99. The lowest BCUT2D eigenvalue weighted by molar-refractivity contribution is -0.137. The van der Waals surface area contributed by atoms with Crippen molar-refractivity contribution in [2.75, 3.05) is 17.2 Å². The van der Waals surface area contributed by atoms with E-state index in [9.17, 15) is 21.6 Å². The maximum absolute atomic E-state index is 13.1. The summed E-state index contributed by atoms with van der Waals surface area (Å²) in [5.41, 5.74) is 0.342. The van der Waals surface area contributed by atoms with Crippen LogP contribution in [0.25, 0.3) is 0 Å². The molecule has 0 amide bonds. The van der Waals surface area contributed by atoms with Crippen LogP contribution >= 0.6 is 11.8 Å². The quantitative estimate of drug-likeness (QED) is 0.776. The number of hydrogen-bond acceptors (Lipinski definition) is 4. The first-order valence-electron chi connectivity index (χ1n) is 7.36. The minimum atomic E-state index is -4.46. The van der Waals surface area contributed by atoms with Gasteiger partial charge in [-0.2, -0.15) is 21.6 Å². The molecule has 134 valence electrons. The Labute approximate surface area is 147 Å². The highest BCUT2D eigenvalue weighted by Crippen LogP contribution is 2.49. The molecule has 4 nitrogen and oxygen atoms in total. The third kappa shape index (κ3) is 4.10. The minimum absolute atomic E-state index is 0.0908. The van der Waals surface area contributed by atoms with Crippen molar-refractivity contribution < 1.29 is 26.1 Å². The Bertz CT molecular complexity index is 898. The Balaban J connectivity index is 2.00. The van der Waals surface area contributed by atoms with Crippen LogP contribution in [0.3, 0.4) is 0 Å². The molecule has 3 rings (SSSR count). The van der Waals surface area contributed by atoms with Crippen molar-refractivity contribution in [2.24, 2.45) is 0 Å². The molecule has 0 aliphatic carbocycles. The smallest absolute Gasteiger partial charge is 0.340 e. The molecule has 0 saturated heterocycles. The van der Waals surface area contributed by atoms with Gasteiger partial charge in [-0.05, 0) is 36.8 Å². The highest BCUT2D eigenvalue weighted by atomic mass is 32.2. The minimum Gasteiger partial charge on any atom is -0.340 e. The van der Waals surface area contributed by atoms with Gasteiger partial charge in [-0.1, -0.05) is 23.9 Å². The predicted molar refractivity (Wildman–Crippen MR) is 90.0 cm³/mol. The van der Waals surface area contributed by atoms with Gasteiger partial charge in [0.25, 0.3) is 10.1 Å². The lowest BCUT2D eigenvalue weighted by Gasteiger charge is -2.33. The van der Waals surface area contributed by atoms with E-state index in [2.05, 4.69) is 0 Å². The van der Waals surface area contributed by atoms with Crippen LogP contribution in [0.4, 0.5) is 24.5 Å². The number of alkyl halides is 3. The van der Waals surface area contributed by atoms with Gasteiger partial charge in [0.2, 0.25) is 0 Å². The molecule has 0 aromatic heterocycles. The summed E-state index contributed by atoms with van der Waals surface area (Å²) < 4.78 is 69.9. The van der Waals surface area contributed by atoms with Crippen LogP contribution in [0.1, 0.15) is 12.0 Å². The van der Waals surface area contributed by atoms with Gasteiger partial charge >= 0.3 is 6.18 Å². The van der Waals surface area contributed by atoms with Gasteiger partial charge in [0.1, 0.15) is 0 Å². The molecule has 0 radical (unpaired) electrons. The summed E-state index contributed by atoms with van der Waals surface area (Å²) in [7, 11) is -4.12. The molecule has 2 aromatic carbocycles. The number of fused-ring (bicyclic) bond motifs is 2. The fourth-order valence-corrected chi connectivity index (χ4v) is 4.22. The molecule has 0 bridgehead atoms. The molecule has 25 heavy (non-hydrogen) atoms. The molecule has 2 aromatic rings. The molecular weight excluding hydrogens is 375 g/mol. The van der Waals surface area contributed by atoms with Crippen molar-refractivity contribution in [1.82, 2.24) is 0 Å². The summed E-state index contributed by atoms with van der Waals surface area (Å²) in [6.07, 6.45) is -4.37. The van der Waals surface area contributed by atoms with Gasteiger partial charge in [0.05, 0.1) is 22.7 Å². The molecule has 0 unspecified atom stereocenters. The second-order valence-electron chi connectivity index (χ2n) is 5.54. The first-order chi connectivity index (χ1) is 11.6. The molecule has 0 saturated carbocycles. The maximum Gasteiger partial charge on any atom is 0.416 e. The van der Waals surface area contributed by atoms with Gasteiger partial charge in [0, 0.05) is 16.3 Å². The first-order valence-corrected chi connectivity index (χ1v) is 9.78. The monoisotopic (exact) mass is 389 g/mol. The van der Waals surface area contributed by atoms with Gasteiger partial charge in [-0.25, -0.2) is 0 Å². The van der Waals surface area contributed by atoms with Crippen molar-refractivity contribution in [1.29, 1.82) is 0 Å². The maximum atomic E-state index is 13.1. The second-order valence-corrected chi connectivity index (χ2v) is 8.20. The number of para-hydroxylation sites is 1. The summed E-state index contributed by atoms with van der Waals surface area (Å²) in [5.74, 6) is -0.451. The van der Waals surface area contributed by atoms with Crippen LogP contribution in [-0.4, -0.2) is 25.3 Å². The summed E-state index contributed by atoms with van der Waals surface area (Å²) in [4.78, 5) is 3.21. The molecule has 0 spiro atoms. The van der Waals surface area contributed by atoms with Crippen LogP contribution in [-0.2, 0) is 16.3 Å². The Morgan fingerprint density at radius 3 is 2.40 bits per heavy atom. The Hall–Kier alpha value is -1.71. The third-order valence-corrected chi connectivity index (χ3v) is 5.67. The average molecular weight is 389 g/mol. The molecule has 0 fully saturated rings. The van der Waals surface area contributed by atoms with Crippen LogP contribution in [0.5, 0.6) is 0 Å². The van der Waals surface area contributed by atoms with E-state index in [1.165, 1.54) is 17.8 Å². The largest absolute Gasteiger partial charge is 0.416 e. The topological polar surface area (TPSA) is 57.6 Å². The lowest BCUT2D eigenvalue weighted by Crippen LogP contribution is -2.24. The number of benzene rings is 2. The molecule has 1 N–H and O–H groups in total. The zero-order chi connectivity index (χ0) is 18.2. The Morgan fingerprint density at radius 2 is 1.72 bits per heavy atom. The SMILES string of the molecule is O=S(=O)(O)CCCN1c2ccccc2Sc2ccc(C(F)(F)F)cc21. The summed E-state index contributed by atoms with van der Waals surface area (Å²) >= 11 is 1.37. The van der Waals surface area contributed by atoms with Gasteiger partial charge in [-0.15, -0.1) is 0 Å². The van der Waals surface area contributed by atoms with Crippen LogP contribution in [0.15, 0.2) is 52.3 Å². The standard InChI is InChI=1S/C16H14F3NO3S2/c17-16(18,19)11-6-7-15-13(10-11)20(8-3-9-25(21,22)23)12-4-1-2-5-14(12)24-15/h1-2,4-7,10H,3,8-9H2,(H,21,22,23). The van der Waals surface area contributed by atoms with Crippen molar-refractivity contribution >= 4 is 33.3 Å². The zero-order valence-corrected chi connectivity index (χ0v) is 14.5. The molecule has 1 aliphatic heterocycles. The van der Waals surface area contributed by atoms with E-state index >= 15 is 0 Å². The van der Waals surface area contributed by atoms with Gasteiger partial charge in [0.15, 0.2) is 0 Å². The molecule has 1 heterocycles. The van der Waals surface area contributed by atoms with Crippen molar-refractivity contribution in [3.63, 3.8) is 0 Å². The van der Waals surface area contributed by atoms with E-state index in [0.29, 0.717) is 10.6 Å². The lowest BCUT2D eigenvalue weighted by atomic mass is 10.1. The normalized spacial score (nSPS) is 14.2. The fourth-order valence-electron chi connectivity index (χ4n) is 2.65. The van der Waals surface area contributed by atoms with Crippen molar-refractivity contribution in [3.8, 4) is 0 Å². The van der Waals surface area contributed by atoms with Crippen LogP contribution in [0.2, 0.25) is 0 Å². The molecule has 0 atom stereocenters. The average Bonchev–Trinajstić information content (AvgIpc) is 2.51. The van der Waals surface area contributed by atoms with Crippen LogP contribution in [0, 0.1) is 0 Å². The second kappa shape index (κ2) is 6.54. The van der Waals surface area contributed by atoms with Crippen molar-refractivity contribution in [3.05, 3.63) is 48.0 Å². The van der Waals surface area contributed by atoms with E-state index in [1.807, 2.05) is 12.1 Å².